The van der Waals surface area contributed by atoms with Crippen molar-refractivity contribution in [1.29, 1.82) is 0 Å². The first kappa shape index (κ1) is 23.1. The molecule has 1 fully saturated rings. The van der Waals surface area contributed by atoms with E-state index in [4.69, 9.17) is 32.7 Å². The fraction of sp³-hybridized carbons (Fsp3) is 0.455. The van der Waals surface area contributed by atoms with Crippen LogP contribution in [0.25, 0.3) is 0 Å². The van der Waals surface area contributed by atoms with Gasteiger partial charge in [-0.15, -0.1) is 0 Å². The van der Waals surface area contributed by atoms with Crippen LogP contribution in [0.5, 0.6) is 11.5 Å². The highest BCUT2D eigenvalue weighted by Crippen LogP contribution is 2.24. The molecule has 1 aliphatic rings. The van der Waals surface area contributed by atoms with Gasteiger partial charge in [0.05, 0.1) is 10.0 Å². The van der Waals surface area contributed by atoms with E-state index in [0.717, 1.165) is 26.2 Å². The Morgan fingerprint density at radius 2 is 1.07 bits per heavy atom. The molecule has 6 nitrogen and oxygen atoms in total. The maximum absolute atomic E-state index is 10.3. The van der Waals surface area contributed by atoms with Crippen LogP contribution in [-0.4, -0.2) is 84.7 Å². The second-order valence-electron chi connectivity index (χ2n) is 7.39. The van der Waals surface area contributed by atoms with Crippen LogP contribution in [0.3, 0.4) is 0 Å². The molecule has 0 spiro atoms. The van der Waals surface area contributed by atoms with E-state index in [2.05, 4.69) is 9.80 Å². The second kappa shape index (κ2) is 11.7. The van der Waals surface area contributed by atoms with Gasteiger partial charge in [-0.05, 0) is 24.3 Å². The van der Waals surface area contributed by atoms with Gasteiger partial charge in [0, 0.05) is 39.3 Å². The molecular weight excluding hydrogens is 427 g/mol. The zero-order chi connectivity index (χ0) is 21.3. The van der Waals surface area contributed by atoms with Crippen molar-refractivity contribution in [2.45, 2.75) is 12.2 Å². The van der Waals surface area contributed by atoms with Crippen molar-refractivity contribution in [2.75, 3.05) is 52.5 Å². The zero-order valence-electron chi connectivity index (χ0n) is 16.8. The fourth-order valence-corrected chi connectivity index (χ4v) is 3.73. The van der Waals surface area contributed by atoms with E-state index in [1.54, 1.807) is 24.3 Å². The van der Waals surface area contributed by atoms with Crippen molar-refractivity contribution in [3.8, 4) is 11.5 Å². The molecular formula is C22H28Cl2N2O4. The summed E-state index contributed by atoms with van der Waals surface area (Å²) < 4.78 is 11.2. The van der Waals surface area contributed by atoms with E-state index in [9.17, 15) is 10.2 Å². The molecule has 2 atom stereocenters. The average molecular weight is 455 g/mol. The predicted octanol–water partition coefficient (Wildman–Crippen LogP) is 2.79. The van der Waals surface area contributed by atoms with Crippen molar-refractivity contribution < 1.29 is 19.7 Å². The minimum absolute atomic E-state index is 0.196. The Bertz CT molecular complexity index is 722. The second-order valence-corrected chi connectivity index (χ2v) is 8.21. The first-order valence-electron chi connectivity index (χ1n) is 10.1. The number of rotatable bonds is 10. The van der Waals surface area contributed by atoms with E-state index in [1.165, 1.54) is 0 Å². The number of aliphatic hydroxyl groups excluding tert-OH is 2. The molecule has 0 aliphatic carbocycles. The molecule has 2 aromatic rings. The van der Waals surface area contributed by atoms with Crippen LogP contribution in [-0.2, 0) is 0 Å². The lowest BCUT2D eigenvalue weighted by atomic mass is 10.2. The molecule has 164 valence electrons. The van der Waals surface area contributed by atoms with Gasteiger partial charge in [0.2, 0.25) is 0 Å². The van der Waals surface area contributed by atoms with Crippen LogP contribution in [0.4, 0.5) is 0 Å². The number of halogens is 2. The van der Waals surface area contributed by atoms with E-state index in [-0.39, 0.29) is 13.2 Å². The smallest absolute Gasteiger partial charge is 0.138 e. The number of para-hydroxylation sites is 2. The monoisotopic (exact) mass is 454 g/mol. The standard InChI is InChI=1S/C22H28Cl2N2O4/c23-19-5-1-3-7-21(19)29-15-17(27)13-25-9-11-26(12-10-25)14-18(28)16-30-22-8-4-2-6-20(22)24/h1-8,17-18,27-28H,9-16H2/t17-,18-/m1/s1. The lowest BCUT2D eigenvalue weighted by Crippen LogP contribution is -2.51. The lowest BCUT2D eigenvalue weighted by molar-refractivity contribution is 0.0241. The zero-order valence-corrected chi connectivity index (χ0v) is 18.3. The number of piperazine rings is 1. The molecule has 0 unspecified atom stereocenters. The van der Waals surface area contributed by atoms with Crippen molar-refractivity contribution in [1.82, 2.24) is 9.80 Å². The summed E-state index contributed by atoms with van der Waals surface area (Å²) in [6.45, 7) is 4.75. The number of ether oxygens (including phenoxy) is 2. The van der Waals surface area contributed by atoms with Crippen molar-refractivity contribution >= 4 is 23.2 Å². The average Bonchev–Trinajstić information content (AvgIpc) is 2.74. The van der Waals surface area contributed by atoms with Gasteiger partial charge in [-0.3, -0.25) is 9.80 Å². The molecule has 1 heterocycles. The molecule has 0 aromatic heterocycles. The van der Waals surface area contributed by atoms with Gasteiger partial charge in [-0.2, -0.15) is 0 Å². The fourth-order valence-electron chi connectivity index (χ4n) is 3.35. The van der Waals surface area contributed by atoms with Gasteiger partial charge in [-0.1, -0.05) is 47.5 Å². The number of aliphatic hydroxyl groups is 2. The largest absolute Gasteiger partial charge is 0.489 e. The summed E-state index contributed by atoms with van der Waals surface area (Å²) in [5, 5.41) is 21.6. The minimum Gasteiger partial charge on any atom is -0.489 e. The van der Waals surface area contributed by atoms with E-state index < -0.39 is 12.2 Å². The molecule has 2 N–H and O–H groups in total. The van der Waals surface area contributed by atoms with Crippen LogP contribution in [0.15, 0.2) is 48.5 Å². The highest BCUT2D eigenvalue weighted by atomic mass is 35.5. The van der Waals surface area contributed by atoms with Gasteiger partial charge in [0.25, 0.3) is 0 Å². The van der Waals surface area contributed by atoms with Gasteiger partial charge in [0.15, 0.2) is 0 Å². The van der Waals surface area contributed by atoms with Gasteiger partial charge >= 0.3 is 0 Å². The van der Waals surface area contributed by atoms with Crippen LogP contribution in [0.2, 0.25) is 10.0 Å². The van der Waals surface area contributed by atoms with Crippen LogP contribution >= 0.6 is 23.2 Å². The maximum atomic E-state index is 10.3. The maximum Gasteiger partial charge on any atom is 0.138 e. The molecule has 0 bridgehead atoms. The van der Waals surface area contributed by atoms with E-state index >= 15 is 0 Å². The van der Waals surface area contributed by atoms with Crippen molar-refractivity contribution in [3.05, 3.63) is 58.6 Å². The quantitative estimate of drug-likeness (QED) is 0.575. The summed E-state index contributed by atoms with van der Waals surface area (Å²) in [5.41, 5.74) is 0. The third-order valence-electron chi connectivity index (χ3n) is 4.94. The summed E-state index contributed by atoms with van der Waals surface area (Å²) in [4.78, 5) is 4.40. The molecule has 0 radical (unpaired) electrons. The first-order valence-corrected chi connectivity index (χ1v) is 10.8. The van der Waals surface area contributed by atoms with Crippen molar-refractivity contribution in [3.63, 3.8) is 0 Å². The molecule has 0 saturated carbocycles. The Labute approximate surface area is 187 Å². The number of benzene rings is 2. The highest BCUT2D eigenvalue weighted by Gasteiger charge is 2.21. The highest BCUT2D eigenvalue weighted by molar-refractivity contribution is 6.32. The Morgan fingerprint density at radius 3 is 1.43 bits per heavy atom. The van der Waals surface area contributed by atoms with E-state index in [0.29, 0.717) is 34.6 Å². The molecule has 8 heteroatoms. The summed E-state index contributed by atoms with van der Waals surface area (Å²) in [7, 11) is 0. The lowest BCUT2D eigenvalue weighted by Gasteiger charge is -2.36. The third-order valence-corrected chi connectivity index (χ3v) is 5.56. The van der Waals surface area contributed by atoms with Gasteiger partial charge < -0.3 is 19.7 Å². The predicted molar refractivity (Wildman–Crippen MR) is 119 cm³/mol. The van der Waals surface area contributed by atoms with Crippen LogP contribution in [0, 0.1) is 0 Å². The summed E-state index contributed by atoms with van der Waals surface area (Å²) in [6.07, 6.45) is -1.19. The molecule has 1 saturated heterocycles. The van der Waals surface area contributed by atoms with Gasteiger partial charge in [-0.25, -0.2) is 0 Å². The first-order chi connectivity index (χ1) is 14.5. The Hall–Kier alpha value is -1.54. The number of hydrogen-bond acceptors (Lipinski definition) is 6. The molecule has 3 rings (SSSR count). The number of β-amino-alcohol motifs (C(OH)–C–C–N with tert-alkyl or cyclic N) is 2. The molecule has 1 aliphatic heterocycles. The minimum atomic E-state index is -0.595. The van der Waals surface area contributed by atoms with Crippen LogP contribution < -0.4 is 9.47 Å². The molecule has 0 amide bonds. The third kappa shape index (κ3) is 7.30. The van der Waals surface area contributed by atoms with Gasteiger partial charge in [0.1, 0.15) is 36.9 Å². The Morgan fingerprint density at radius 1 is 0.700 bits per heavy atom. The van der Waals surface area contributed by atoms with Crippen molar-refractivity contribution in [2.24, 2.45) is 0 Å². The molecule has 2 aromatic carbocycles. The van der Waals surface area contributed by atoms with E-state index in [1.807, 2.05) is 24.3 Å². The summed E-state index contributed by atoms with van der Waals surface area (Å²) >= 11 is 12.1. The Kier molecular flexibility index (Phi) is 9.05. The van der Waals surface area contributed by atoms with Crippen LogP contribution in [0.1, 0.15) is 0 Å². The summed E-state index contributed by atoms with van der Waals surface area (Å²) in [5.74, 6) is 1.16. The molecule has 30 heavy (non-hydrogen) atoms. The number of nitrogens with zero attached hydrogens (tertiary/aromatic N) is 2. The normalized spacial score (nSPS) is 17.5. The Balaban J connectivity index is 1.32. The number of hydrogen-bond donors (Lipinski definition) is 2. The SMILES string of the molecule is O[C@@H](COc1ccccc1Cl)CN1CCN(C[C@@H](O)COc2ccccc2Cl)CC1. The summed E-state index contributed by atoms with van der Waals surface area (Å²) in [6, 6.07) is 14.5. The topological polar surface area (TPSA) is 65.4 Å².